The molecule has 1 amide bonds. The molecule has 5 rings (SSSR count). The lowest BCUT2D eigenvalue weighted by molar-refractivity contribution is -0.117. The molecule has 0 spiro atoms. The van der Waals surface area contributed by atoms with Crippen LogP contribution in [-0.2, 0) is 4.79 Å². The van der Waals surface area contributed by atoms with Crippen molar-refractivity contribution in [2.24, 2.45) is 0 Å². The zero-order chi connectivity index (χ0) is 19.3. The third-order valence-corrected chi connectivity index (χ3v) is 5.54. The normalized spacial score (nSPS) is 16.9. The molecule has 7 nitrogen and oxygen atoms in total. The van der Waals surface area contributed by atoms with Crippen LogP contribution in [0.1, 0.15) is 19.3 Å². The summed E-state index contributed by atoms with van der Waals surface area (Å²) >= 11 is 0. The zero-order valence-electron chi connectivity index (χ0n) is 15.4. The van der Waals surface area contributed by atoms with Crippen molar-refractivity contribution in [1.82, 2.24) is 19.5 Å². The van der Waals surface area contributed by atoms with Crippen molar-refractivity contribution in [3.8, 4) is 17.3 Å². The first kappa shape index (κ1) is 16.9. The Morgan fingerprint density at radius 3 is 2.75 bits per heavy atom. The number of halogens is 1. The van der Waals surface area contributed by atoms with Crippen LogP contribution in [0.2, 0.25) is 0 Å². The quantitative estimate of drug-likeness (QED) is 0.701. The molecular weight excluding hydrogens is 359 g/mol. The fourth-order valence-electron chi connectivity index (χ4n) is 3.69. The van der Waals surface area contributed by atoms with Crippen molar-refractivity contribution in [1.29, 1.82) is 0 Å². The lowest BCUT2D eigenvalue weighted by Gasteiger charge is -2.42. The van der Waals surface area contributed by atoms with Crippen molar-refractivity contribution >= 4 is 17.4 Å². The topological polar surface area (TPSA) is 67.2 Å². The lowest BCUT2D eigenvalue weighted by Crippen LogP contribution is -2.51. The summed E-state index contributed by atoms with van der Waals surface area (Å²) in [6.45, 7) is 0.314. The first-order valence-electron chi connectivity index (χ1n) is 9.32. The zero-order valence-corrected chi connectivity index (χ0v) is 15.4. The van der Waals surface area contributed by atoms with E-state index >= 15 is 0 Å². The summed E-state index contributed by atoms with van der Waals surface area (Å²) in [6, 6.07) is 6.82. The van der Waals surface area contributed by atoms with Crippen LogP contribution in [0, 0.1) is 5.82 Å². The minimum absolute atomic E-state index is 0.0328. The Balaban J connectivity index is 1.61. The molecule has 1 fully saturated rings. The second-order valence-electron chi connectivity index (χ2n) is 7.14. The second-order valence-corrected chi connectivity index (χ2v) is 7.14. The Morgan fingerprint density at radius 1 is 1.18 bits per heavy atom. The number of amides is 1. The van der Waals surface area contributed by atoms with E-state index in [0.717, 1.165) is 25.1 Å². The molecule has 3 aromatic rings. The molecule has 2 aromatic heterocycles. The summed E-state index contributed by atoms with van der Waals surface area (Å²) in [5.41, 5.74) is 1.08. The van der Waals surface area contributed by atoms with Crippen LogP contribution in [0.3, 0.4) is 0 Å². The van der Waals surface area contributed by atoms with Gasteiger partial charge in [-0.15, -0.1) is 0 Å². The second kappa shape index (κ2) is 6.40. The van der Waals surface area contributed by atoms with Gasteiger partial charge in [0.15, 0.2) is 5.82 Å². The van der Waals surface area contributed by atoms with Crippen molar-refractivity contribution in [2.75, 3.05) is 23.4 Å². The van der Waals surface area contributed by atoms with E-state index in [1.807, 2.05) is 0 Å². The fourth-order valence-corrected chi connectivity index (χ4v) is 3.69. The predicted octanol–water partition coefficient (Wildman–Crippen LogP) is 2.80. The van der Waals surface area contributed by atoms with E-state index in [9.17, 15) is 9.18 Å². The highest BCUT2D eigenvalue weighted by Gasteiger charge is 2.35. The van der Waals surface area contributed by atoms with Crippen molar-refractivity contribution in [2.45, 2.75) is 25.3 Å². The summed E-state index contributed by atoms with van der Waals surface area (Å²) in [6.07, 6.45) is 8.25. The van der Waals surface area contributed by atoms with Gasteiger partial charge in [0.25, 0.3) is 0 Å². The maximum absolute atomic E-state index is 14.3. The standard InChI is InChI=1S/C20H19FN6O/c1-25-16-11-23-20(24-19(16)27(12-17(25)28)13-5-4-6-13)26-10-9-22-18(26)14-7-2-3-8-15(14)21/h2-3,7-11,13H,4-6,12H2,1H3. The van der Waals surface area contributed by atoms with Gasteiger partial charge in [-0.25, -0.2) is 14.4 Å². The van der Waals surface area contributed by atoms with E-state index in [2.05, 4.69) is 14.9 Å². The fraction of sp³-hybridized carbons (Fsp3) is 0.300. The largest absolute Gasteiger partial charge is 0.342 e. The number of carbonyl (C=O) groups excluding carboxylic acids is 1. The molecule has 0 atom stereocenters. The molecule has 1 aliphatic carbocycles. The minimum atomic E-state index is -0.352. The Kier molecular flexibility index (Phi) is 3.85. The van der Waals surface area contributed by atoms with Crippen LogP contribution in [0.15, 0.2) is 42.9 Å². The highest BCUT2D eigenvalue weighted by atomic mass is 19.1. The highest BCUT2D eigenvalue weighted by Crippen LogP contribution is 2.37. The number of hydrogen-bond donors (Lipinski definition) is 0. The van der Waals surface area contributed by atoms with Gasteiger partial charge in [-0.3, -0.25) is 9.36 Å². The molecule has 142 valence electrons. The molecule has 8 heteroatoms. The number of benzene rings is 1. The van der Waals surface area contributed by atoms with E-state index in [1.165, 1.54) is 6.07 Å². The number of imidazole rings is 1. The molecule has 0 N–H and O–H groups in total. The maximum Gasteiger partial charge on any atom is 0.246 e. The van der Waals surface area contributed by atoms with Crippen LogP contribution in [-0.4, -0.2) is 45.1 Å². The third kappa shape index (κ3) is 2.56. The molecule has 1 saturated carbocycles. The van der Waals surface area contributed by atoms with E-state index in [1.54, 1.807) is 53.3 Å². The van der Waals surface area contributed by atoms with E-state index in [-0.39, 0.29) is 11.7 Å². The number of anilines is 2. The molecule has 2 aliphatic rings. The molecule has 28 heavy (non-hydrogen) atoms. The Morgan fingerprint density at radius 2 is 2.00 bits per heavy atom. The SMILES string of the molecule is CN1C(=O)CN(C2CCC2)c2nc(-n3ccnc3-c3ccccc3F)ncc21. The van der Waals surface area contributed by atoms with Gasteiger partial charge in [-0.1, -0.05) is 12.1 Å². The number of carbonyl (C=O) groups is 1. The van der Waals surface area contributed by atoms with Crippen molar-refractivity contribution < 1.29 is 9.18 Å². The highest BCUT2D eigenvalue weighted by molar-refractivity contribution is 6.02. The summed E-state index contributed by atoms with van der Waals surface area (Å²) in [5, 5.41) is 0. The van der Waals surface area contributed by atoms with Crippen LogP contribution in [0.4, 0.5) is 15.9 Å². The Labute approximate surface area is 161 Å². The summed E-state index contributed by atoms with van der Waals surface area (Å²) in [7, 11) is 1.74. The van der Waals surface area contributed by atoms with Crippen LogP contribution < -0.4 is 9.80 Å². The molecule has 0 radical (unpaired) electrons. The van der Waals surface area contributed by atoms with Gasteiger partial charge in [0.2, 0.25) is 11.9 Å². The summed E-state index contributed by atoms with van der Waals surface area (Å²) in [5.74, 6) is 1.26. The Hall–Kier alpha value is -3.29. The average molecular weight is 378 g/mol. The lowest BCUT2D eigenvalue weighted by atomic mass is 9.91. The van der Waals surface area contributed by atoms with Crippen LogP contribution >= 0.6 is 0 Å². The number of nitrogens with zero attached hydrogens (tertiary/aromatic N) is 6. The van der Waals surface area contributed by atoms with Gasteiger partial charge < -0.3 is 9.80 Å². The monoisotopic (exact) mass is 378 g/mol. The van der Waals surface area contributed by atoms with Gasteiger partial charge >= 0.3 is 0 Å². The number of hydrogen-bond acceptors (Lipinski definition) is 5. The molecule has 0 bridgehead atoms. The molecule has 1 aliphatic heterocycles. The van der Waals surface area contributed by atoms with Crippen molar-refractivity contribution in [3.05, 3.63) is 48.7 Å². The average Bonchev–Trinajstić information content (AvgIpc) is 3.14. The van der Waals surface area contributed by atoms with Crippen molar-refractivity contribution in [3.63, 3.8) is 0 Å². The maximum atomic E-state index is 14.3. The molecule has 0 saturated heterocycles. The van der Waals surface area contributed by atoms with E-state index < -0.39 is 0 Å². The van der Waals surface area contributed by atoms with E-state index in [4.69, 9.17) is 4.98 Å². The van der Waals surface area contributed by atoms with Gasteiger partial charge in [-0.2, -0.15) is 4.98 Å². The number of likely N-dealkylation sites (N-methyl/N-ethyl adjacent to an activating group) is 1. The van der Waals surface area contributed by atoms with Crippen LogP contribution in [0.25, 0.3) is 17.3 Å². The first-order valence-corrected chi connectivity index (χ1v) is 9.32. The summed E-state index contributed by atoms with van der Waals surface area (Å²) < 4.78 is 16.0. The smallest absolute Gasteiger partial charge is 0.246 e. The molecule has 3 heterocycles. The molecule has 1 aromatic carbocycles. The van der Waals surface area contributed by atoms with Gasteiger partial charge in [0, 0.05) is 25.5 Å². The van der Waals surface area contributed by atoms with Crippen LogP contribution in [0.5, 0.6) is 0 Å². The summed E-state index contributed by atoms with van der Waals surface area (Å²) in [4.78, 5) is 29.6. The third-order valence-electron chi connectivity index (χ3n) is 5.54. The molecule has 0 unspecified atom stereocenters. The molecular formula is C20H19FN6O. The van der Waals surface area contributed by atoms with E-state index in [0.29, 0.717) is 35.6 Å². The van der Waals surface area contributed by atoms with Gasteiger partial charge in [0.1, 0.15) is 17.3 Å². The minimum Gasteiger partial charge on any atom is -0.342 e. The van der Waals surface area contributed by atoms with Gasteiger partial charge in [0.05, 0.1) is 18.3 Å². The first-order chi connectivity index (χ1) is 13.6. The predicted molar refractivity (Wildman–Crippen MR) is 103 cm³/mol. The number of fused-ring (bicyclic) bond motifs is 1. The van der Waals surface area contributed by atoms with Gasteiger partial charge in [-0.05, 0) is 31.4 Å². The number of rotatable bonds is 3. The number of aromatic nitrogens is 4. The Bertz CT molecular complexity index is 1060.